The van der Waals surface area contributed by atoms with Crippen molar-refractivity contribution in [1.82, 2.24) is 5.32 Å². The van der Waals surface area contributed by atoms with Gasteiger partial charge in [-0.25, -0.2) is 0 Å². The third-order valence-corrected chi connectivity index (χ3v) is 4.85. The molecular weight excluding hydrogens is 310 g/mol. The van der Waals surface area contributed by atoms with Gasteiger partial charge in [-0.2, -0.15) is 0 Å². The van der Waals surface area contributed by atoms with Crippen molar-refractivity contribution in [2.24, 2.45) is 0 Å². The van der Waals surface area contributed by atoms with Crippen molar-refractivity contribution in [2.75, 3.05) is 13.2 Å². The molecule has 0 fully saturated rings. The van der Waals surface area contributed by atoms with E-state index in [1.165, 1.54) is 11.3 Å². The molecule has 5 heteroatoms. The average molecular weight is 325 g/mol. The van der Waals surface area contributed by atoms with E-state index in [1.807, 2.05) is 48.5 Å². The highest BCUT2D eigenvalue weighted by Gasteiger charge is 2.22. The number of benzene rings is 2. The number of hydrogen-bond acceptors (Lipinski definition) is 4. The van der Waals surface area contributed by atoms with Gasteiger partial charge >= 0.3 is 0 Å². The van der Waals surface area contributed by atoms with Gasteiger partial charge in [-0.1, -0.05) is 30.3 Å². The molecule has 0 radical (unpaired) electrons. The number of carbonyl (C=O) groups excluding carboxylic acids is 1. The molecule has 4 nitrogen and oxygen atoms in total. The van der Waals surface area contributed by atoms with Gasteiger partial charge in [0.1, 0.15) is 23.8 Å². The van der Waals surface area contributed by atoms with E-state index >= 15 is 0 Å². The van der Waals surface area contributed by atoms with Crippen LogP contribution in [0.5, 0.6) is 11.5 Å². The summed E-state index contributed by atoms with van der Waals surface area (Å²) in [5.74, 6) is 1.38. The van der Waals surface area contributed by atoms with Gasteiger partial charge in [0, 0.05) is 10.1 Å². The fraction of sp³-hybridized carbons (Fsp3) is 0.167. The van der Waals surface area contributed by atoms with E-state index in [0.717, 1.165) is 21.4 Å². The molecule has 1 amide bonds. The normalized spacial score (nSPS) is 13.8. The molecule has 0 bridgehead atoms. The van der Waals surface area contributed by atoms with Crippen LogP contribution in [-0.4, -0.2) is 19.1 Å². The van der Waals surface area contributed by atoms with Gasteiger partial charge < -0.3 is 14.8 Å². The zero-order valence-electron chi connectivity index (χ0n) is 12.4. The maximum atomic E-state index is 12.1. The fourth-order valence-corrected chi connectivity index (χ4v) is 3.62. The summed E-state index contributed by atoms with van der Waals surface area (Å²) in [4.78, 5) is 12.7. The SMILES string of the molecule is O=C1NCCOc2c1sc1ccc(OCc3ccccc3)cc21. The van der Waals surface area contributed by atoms with E-state index in [0.29, 0.717) is 30.4 Å². The van der Waals surface area contributed by atoms with E-state index in [4.69, 9.17) is 9.47 Å². The number of nitrogens with one attached hydrogen (secondary N) is 1. The van der Waals surface area contributed by atoms with Crippen LogP contribution >= 0.6 is 11.3 Å². The topological polar surface area (TPSA) is 47.6 Å². The first-order valence-corrected chi connectivity index (χ1v) is 8.27. The molecule has 4 rings (SSSR count). The number of fused-ring (bicyclic) bond motifs is 3. The fourth-order valence-electron chi connectivity index (χ4n) is 2.58. The highest BCUT2D eigenvalue weighted by Crippen LogP contribution is 2.40. The Bertz CT molecular complexity index is 857. The van der Waals surface area contributed by atoms with Crippen molar-refractivity contribution in [3.63, 3.8) is 0 Å². The number of rotatable bonds is 3. The summed E-state index contributed by atoms with van der Waals surface area (Å²) in [6.07, 6.45) is 0. The first kappa shape index (κ1) is 14.1. The summed E-state index contributed by atoms with van der Waals surface area (Å²) in [5.41, 5.74) is 1.12. The van der Waals surface area contributed by atoms with E-state index in [-0.39, 0.29) is 5.91 Å². The lowest BCUT2D eigenvalue weighted by molar-refractivity contribution is 0.0961. The molecule has 0 unspecified atom stereocenters. The predicted octanol–water partition coefficient (Wildman–Crippen LogP) is 3.60. The Morgan fingerprint density at radius 1 is 1.17 bits per heavy atom. The van der Waals surface area contributed by atoms with E-state index < -0.39 is 0 Å². The minimum atomic E-state index is -0.0644. The molecule has 116 valence electrons. The molecular formula is C18H15NO3S. The highest BCUT2D eigenvalue weighted by molar-refractivity contribution is 7.21. The van der Waals surface area contributed by atoms with Crippen LogP contribution in [0.1, 0.15) is 15.2 Å². The molecule has 1 aliphatic rings. The second-order valence-electron chi connectivity index (χ2n) is 5.30. The van der Waals surface area contributed by atoms with Gasteiger partial charge in [-0.05, 0) is 23.8 Å². The summed E-state index contributed by atoms with van der Waals surface area (Å²) in [7, 11) is 0. The van der Waals surface area contributed by atoms with Crippen molar-refractivity contribution < 1.29 is 14.3 Å². The Kier molecular flexibility index (Phi) is 3.63. The zero-order chi connectivity index (χ0) is 15.6. The maximum absolute atomic E-state index is 12.1. The molecule has 1 aliphatic heterocycles. The highest BCUT2D eigenvalue weighted by atomic mass is 32.1. The lowest BCUT2D eigenvalue weighted by atomic mass is 10.2. The smallest absolute Gasteiger partial charge is 0.265 e. The van der Waals surface area contributed by atoms with Crippen molar-refractivity contribution >= 4 is 27.3 Å². The molecule has 0 aliphatic carbocycles. The molecule has 23 heavy (non-hydrogen) atoms. The Balaban J connectivity index is 1.65. The Hall–Kier alpha value is -2.53. The van der Waals surface area contributed by atoms with Gasteiger partial charge in [0.2, 0.25) is 0 Å². The van der Waals surface area contributed by atoms with Crippen molar-refractivity contribution in [3.8, 4) is 11.5 Å². The number of thiophene rings is 1. The van der Waals surface area contributed by atoms with Crippen molar-refractivity contribution in [2.45, 2.75) is 6.61 Å². The molecule has 2 heterocycles. The minimum absolute atomic E-state index is 0.0644. The van der Waals surface area contributed by atoms with Gasteiger partial charge in [-0.3, -0.25) is 4.79 Å². The van der Waals surface area contributed by atoms with Crippen LogP contribution in [0, 0.1) is 0 Å². The quantitative estimate of drug-likeness (QED) is 0.800. The van der Waals surface area contributed by atoms with Crippen molar-refractivity contribution in [1.29, 1.82) is 0 Å². The summed E-state index contributed by atoms with van der Waals surface area (Å²) in [5, 5.41) is 3.78. The van der Waals surface area contributed by atoms with E-state index in [9.17, 15) is 4.79 Å². The van der Waals surface area contributed by atoms with E-state index in [1.54, 1.807) is 0 Å². The summed E-state index contributed by atoms with van der Waals surface area (Å²) < 4.78 is 12.7. The number of amides is 1. The Labute approximate surface area is 137 Å². The molecule has 3 aromatic rings. The van der Waals surface area contributed by atoms with Gasteiger partial charge in [0.05, 0.1) is 6.54 Å². The standard InChI is InChI=1S/C18H15NO3S/c20-18-17-16(21-9-8-19-18)14-10-13(6-7-15(14)23-17)22-11-12-4-2-1-3-5-12/h1-7,10H,8-9,11H2,(H,19,20). The van der Waals surface area contributed by atoms with Crippen LogP contribution in [0.25, 0.3) is 10.1 Å². The van der Waals surface area contributed by atoms with Crippen LogP contribution in [0.3, 0.4) is 0 Å². The minimum Gasteiger partial charge on any atom is -0.489 e. The molecule has 1 N–H and O–H groups in total. The zero-order valence-corrected chi connectivity index (χ0v) is 13.2. The van der Waals surface area contributed by atoms with E-state index in [2.05, 4.69) is 5.32 Å². The summed E-state index contributed by atoms with van der Waals surface area (Å²) >= 11 is 1.45. The second-order valence-corrected chi connectivity index (χ2v) is 6.35. The lowest BCUT2D eigenvalue weighted by Gasteiger charge is -2.07. The monoisotopic (exact) mass is 325 g/mol. The number of ether oxygens (including phenoxy) is 2. The van der Waals surface area contributed by atoms with Crippen molar-refractivity contribution in [3.05, 3.63) is 59.0 Å². The molecule has 0 atom stereocenters. The average Bonchev–Trinajstić information content (AvgIpc) is 2.85. The van der Waals surface area contributed by atoms with Gasteiger partial charge in [0.25, 0.3) is 5.91 Å². The number of hydrogen-bond donors (Lipinski definition) is 1. The molecule has 2 aromatic carbocycles. The lowest BCUT2D eigenvalue weighted by Crippen LogP contribution is -2.23. The van der Waals surface area contributed by atoms with Gasteiger partial charge in [0.15, 0.2) is 5.75 Å². The van der Waals surface area contributed by atoms with Gasteiger partial charge in [-0.15, -0.1) is 11.3 Å². The third kappa shape index (κ3) is 2.75. The Morgan fingerprint density at radius 3 is 2.91 bits per heavy atom. The summed E-state index contributed by atoms with van der Waals surface area (Å²) in [6, 6.07) is 15.9. The first-order valence-electron chi connectivity index (χ1n) is 7.45. The molecule has 0 saturated carbocycles. The van der Waals surface area contributed by atoms with Crippen LogP contribution in [-0.2, 0) is 6.61 Å². The van der Waals surface area contributed by atoms with Crippen LogP contribution in [0.15, 0.2) is 48.5 Å². The molecule has 1 aromatic heterocycles. The predicted molar refractivity (Wildman–Crippen MR) is 90.4 cm³/mol. The molecule has 0 spiro atoms. The maximum Gasteiger partial charge on any atom is 0.265 e. The third-order valence-electron chi connectivity index (χ3n) is 3.70. The largest absolute Gasteiger partial charge is 0.489 e. The summed E-state index contributed by atoms with van der Waals surface area (Å²) in [6.45, 7) is 1.53. The Morgan fingerprint density at radius 2 is 2.04 bits per heavy atom. The van der Waals surface area contributed by atoms with Crippen LogP contribution in [0.4, 0.5) is 0 Å². The first-order chi connectivity index (χ1) is 11.3. The molecule has 0 saturated heterocycles. The van der Waals surface area contributed by atoms with Crippen LogP contribution < -0.4 is 14.8 Å². The van der Waals surface area contributed by atoms with Crippen LogP contribution in [0.2, 0.25) is 0 Å². The number of carbonyl (C=O) groups is 1. The second kappa shape index (κ2) is 5.93.